The molecule has 0 fully saturated rings. The molecule has 0 spiro atoms. The minimum atomic E-state index is 0.717. The Balaban J connectivity index is 0. The van der Waals surface area contributed by atoms with E-state index in [1.807, 2.05) is 86.6 Å². The van der Waals surface area contributed by atoms with Gasteiger partial charge >= 0.3 is 0 Å². The summed E-state index contributed by atoms with van der Waals surface area (Å²) in [6.45, 7) is 17.8. The molecule has 2 aromatic rings. The van der Waals surface area contributed by atoms with Crippen LogP contribution in [-0.2, 0) is 0 Å². The van der Waals surface area contributed by atoms with E-state index in [9.17, 15) is 0 Å². The van der Waals surface area contributed by atoms with Crippen LogP contribution >= 0.6 is 0 Å². The van der Waals surface area contributed by atoms with Gasteiger partial charge in [0.2, 0.25) is 0 Å². The molecule has 0 saturated heterocycles. The third kappa shape index (κ3) is 7.55. The summed E-state index contributed by atoms with van der Waals surface area (Å²) in [4.78, 5) is 0. The van der Waals surface area contributed by atoms with Gasteiger partial charge in [-0.1, -0.05) is 45.9 Å². The van der Waals surface area contributed by atoms with Gasteiger partial charge in [-0.15, -0.1) is 0 Å². The second-order valence-corrected chi connectivity index (χ2v) is 5.51. The normalized spacial score (nSPS) is 8.30. The highest BCUT2D eigenvalue weighted by molar-refractivity contribution is 5.50. The minimum absolute atomic E-state index is 0.717. The Bertz CT molecular complexity index is 793. The second kappa shape index (κ2) is 14.4. The molecule has 0 N–H and O–H groups in total. The van der Waals surface area contributed by atoms with Crippen molar-refractivity contribution in [2.24, 2.45) is 0 Å². The van der Waals surface area contributed by atoms with Crippen molar-refractivity contribution in [1.82, 2.24) is 0 Å². The molecule has 146 valence electrons. The summed E-state index contributed by atoms with van der Waals surface area (Å²) in [5.41, 5.74) is 6.81. The van der Waals surface area contributed by atoms with Gasteiger partial charge in [0, 0.05) is 5.56 Å². The van der Waals surface area contributed by atoms with Crippen molar-refractivity contribution in [1.29, 1.82) is 10.5 Å². The van der Waals surface area contributed by atoms with Gasteiger partial charge in [-0.25, -0.2) is 0 Å². The molecule has 0 aliphatic rings. The minimum Gasteiger partial charge on any atom is -0.496 e. The van der Waals surface area contributed by atoms with Crippen LogP contribution in [0.15, 0.2) is 24.3 Å². The Hall–Kier alpha value is -2.78. The van der Waals surface area contributed by atoms with E-state index in [2.05, 4.69) is 12.1 Å². The fraction of sp³-hybridized carbons (Fsp3) is 0.417. The van der Waals surface area contributed by atoms with Crippen molar-refractivity contribution in [3.05, 3.63) is 63.2 Å². The smallest absolute Gasteiger partial charge is 0.123 e. The predicted octanol–water partition coefficient (Wildman–Crippen LogP) is 6.72. The lowest BCUT2D eigenvalue weighted by Crippen LogP contribution is -1.92. The maximum Gasteiger partial charge on any atom is 0.123 e. The highest BCUT2D eigenvalue weighted by Gasteiger charge is 2.06. The quantitative estimate of drug-likeness (QED) is 0.563. The van der Waals surface area contributed by atoms with Gasteiger partial charge in [0.25, 0.3) is 0 Å². The first-order valence-electron chi connectivity index (χ1n) is 9.38. The zero-order valence-electron chi connectivity index (χ0n) is 18.6. The van der Waals surface area contributed by atoms with E-state index in [-0.39, 0.29) is 0 Å². The number of rotatable bonds is 1. The Morgan fingerprint density at radius 3 is 1.37 bits per heavy atom. The van der Waals surface area contributed by atoms with Gasteiger partial charge in [-0.2, -0.15) is 10.5 Å². The van der Waals surface area contributed by atoms with Crippen LogP contribution in [0.4, 0.5) is 0 Å². The summed E-state index contributed by atoms with van der Waals surface area (Å²) in [7, 11) is 1.61. The molecule has 27 heavy (non-hydrogen) atoms. The summed E-state index contributed by atoms with van der Waals surface area (Å²) >= 11 is 0. The van der Waals surface area contributed by atoms with Crippen LogP contribution in [0.5, 0.6) is 5.75 Å². The molecule has 0 atom stereocenters. The third-order valence-electron chi connectivity index (χ3n) is 4.01. The largest absolute Gasteiger partial charge is 0.496 e. The third-order valence-corrected chi connectivity index (χ3v) is 4.01. The lowest BCUT2D eigenvalue weighted by molar-refractivity contribution is 0.411. The maximum atomic E-state index is 8.81. The number of aryl methyl sites for hydroxylation is 3. The van der Waals surface area contributed by atoms with Crippen LogP contribution in [0.3, 0.4) is 0 Å². The number of ether oxygens (including phenoxy) is 1. The highest BCUT2D eigenvalue weighted by Crippen LogP contribution is 2.23. The standard InChI is InChI=1S/C10H11NO.C10H11N.2C2H6/c1-7-4-5-10(12-3)8(2)9(7)6-11;1-7-4-5-8(2)10(6-11)9(7)3;2*1-2/h4-5H,1-3H3;4-5H,1-3H3;2*1-2H3. The average molecular weight is 367 g/mol. The zero-order valence-corrected chi connectivity index (χ0v) is 18.6. The van der Waals surface area contributed by atoms with Crippen LogP contribution in [0.2, 0.25) is 0 Å². The number of hydrogen-bond acceptors (Lipinski definition) is 3. The van der Waals surface area contributed by atoms with Crippen molar-refractivity contribution in [2.75, 3.05) is 7.11 Å². The fourth-order valence-electron chi connectivity index (χ4n) is 2.34. The molecule has 0 aromatic heterocycles. The van der Waals surface area contributed by atoms with Crippen LogP contribution < -0.4 is 4.74 Å². The molecular formula is C24H34N2O. The molecule has 0 radical (unpaired) electrons. The second-order valence-electron chi connectivity index (χ2n) is 5.51. The van der Waals surface area contributed by atoms with Crippen LogP contribution in [0, 0.1) is 57.3 Å². The summed E-state index contributed by atoms with van der Waals surface area (Å²) in [6.07, 6.45) is 0. The lowest BCUT2D eigenvalue weighted by Gasteiger charge is -2.07. The molecule has 0 heterocycles. The molecule has 3 heteroatoms. The fourth-order valence-corrected chi connectivity index (χ4v) is 2.34. The number of hydrogen-bond donors (Lipinski definition) is 0. The van der Waals surface area contributed by atoms with Gasteiger partial charge in [0.15, 0.2) is 0 Å². The SMILES string of the molecule is CC.CC.COc1ccc(C)c(C#N)c1C.Cc1ccc(C)c(C#N)c1C. The Morgan fingerprint density at radius 1 is 0.630 bits per heavy atom. The van der Waals surface area contributed by atoms with Crippen molar-refractivity contribution in [2.45, 2.75) is 62.3 Å². The van der Waals surface area contributed by atoms with Crippen molar-refractivity contribution >= 4 is 0 Å². The van der Waals surface area contributed by atoms with E-state index in [1.54, 1.807) is 7.11 Å². The van der Waals surface area contributed by atoms with E-state index >= 15 is 0 Å². The molecule has 0 bridgehead atoms. The average Bonchev–Trinajstić information content (AvgIpc) is 2.70. The highest BCUT2D eigenvalue weighted by atomic mass is 16.5. The lowest BCUT2D eigenvalue weighted by atomic mass is 10.00. The Labute approximate surface area is 166 Å². The molecule has 0 aliphatic heterocycles. The number of nitriles is 2. The summed E-state index contributed by atoms with van der Waals surface area (Å²) in [5, 5.41) is 17.6. The first kappa shape index (κ1) is 26.4. The zero-order chi connectivity index (χ0) is 21.6. The molecule has 0 saturated carbocycles. The van der Waals surface area contributed by atoms with Crippen molar-refractivity contribution < 1.29 is 4.74 Å². The summed E-state index contributed by atoms with van der Waals surface area (Å²) < 4.78 is 5.09. The number of benzene rings is 2. The molecule has 0 amide bonds. The first-order valence-corrected chi connectivity index (χ1v) is 9.38. The maximum absolute atomic E-state index is 8.81. The van der Waals surface area contributed by atoms with Gasteiger partial charge < -0.3 is 4.74 Å². The topological polar surface area (TPSA) is 56.8 Å². The molecule has 3 nitrogen and oxygen atoms in total. The van der Waals surface area contributed by atoms with Gasteiger partial charge in [0.1, 0.15) is 5.75 Å². The van der Waals surface area contributed by atoms with Crippen LogP contribution in [0.1, 0.15) is 66.6 Å². The predicted molar refractivity (Wildman–Crippen MR) is 115 cm³/mol. The van der Waals surface area contributed by atoms with Crippen LogP contribution in [0.25, 0.3) is 0 Å². The summed E-state index contributed by atoms with van der Waals surface area (Å²) in [5.74, 6) is 0.775. The summed E-state index contributed by atoms with van der Waals surface area (Å²) in [6, 6.07) is 12.2. The first-order chi connectivity index (χ1) is 12.9. The van der Waals surface area contributed by atoms with Gasteiger partial charge in [-0.3, -0.25) is 0 Å². The molecule has 2 aromatic carbocycles. The van der Waals surface area contributed by atoms with Gasteiger partial charge in [0.05, 0.1) is 30.4 Å². The number of methoxy groups -OCH3 is 1. The molecule has 2 rings (SSSR count). The number of nitrogens with zero attached hydrogens (tertiary/aromatic N) is 2. The van der Waals surface area contributed by atoms with E-state index in [0.717, 1.165) is 33.6 Å². The Morgan fingerprint density at radius 2 is 1.00 bits per heavy atom. The van der Waals surface area contributed by atoms with Crippen molar-refractivity contribution in [3.63, 3.8) is 0 Å². The monoisotopic (exact) mass is 366 g/mol. The Kier molecular flexibility index (Phi) is 14.1. The van der Waals surface area contributed by atoms with E-state index in [0.29, 0.717) is 5.56 Å². The van der Waals surface area contributed by atoms with E-state index in [4.69, 9.17) is 15.3 Å². The molecular weight excluding hydrogens is 332 g/mol. The van der Waals surface area contributed by atoms with Crippen molar-refractivity contribution in [3.8, 4) is 17.9 Å². The van der Waals surface area contributed by atoms with E-state index < -0.39 is 0 Å². The molecule has 0 unspecified atom stereocenters. The van der Waals surface area contributed by atoms with Crippen LogP contribution in [-0.4, -0.2) is 7.11 Å². The van der Waals surface area contributed by atoms with Gasteiger partial charge in [-0.05, 0) is 62.9 Å². The van der Waals surface area contributed by atoms with E-state index in [1.165, 1.54) is 5.56 Å². The molecule has 0 aliphatic carbocycles.